The van der Waals surface area contributed by atoms with Crippen molar-refractivity contribution in [3.8, 4) is 0 Å². The summed E-state index contributed by atoms with van der Waals surface area (Å²) in [7, 11) is 0. The van der Waals surface area contributed by atoms with E-state index in [1.54, 1.807) is 13.8 Å². The third-order valence-corrected chi connectivity index (χ3v) is 3.14. The van der Waals surface area contributed by atoms with Crippen LogP contribution in [0.4, 0.5) is 13.2 Å². The van der Waals surface area contributed by atoms with Gasteiger partial charge in [-0.1, -0.05) is 31.5 Å². The zero-order valence-corrected chi connectivity index (χ0v) is 12.0. The van der Waals surface area contributed by atoms with Gasteiger partial charge in [0.15, 0.2) is 0 Å². The molecule has 3 N–H and O–H groups in total. The van der Waals surface area contributed by atoms with Crippen LogP contribution < -0.4 is 5.73 Å². The van der Waals surface area contributed by atoms with Gasteiger partial charge < -0.3 is 10.8 Å². The second kappa shape index (κ2) is 6.31. The monoisotopic (exact) mass is 317 g/mol. The van der Waals surface area contributed by atoms with Crippen LogP contribution in [0.25, 0.3) is 0 Å². The highest BCUT2D eigenvalue weighted by molar-refractivity contribution is 6.30. The number of alkyl halides is 3. The molecule has 0 saturated heterocycles. The lowest BCUT2D eigenvalue weighted by atomic mass is 9.80. The van der Waals surface area contributed by atoms with E-state index in [1.165, 1.54) is 12.1 Å². The Morgan fingerprint density at radius 1 is 1.32 bits per heavy atom. The van der Waals surface area contributed by atoms with E-state index in [2.05, 4.69) is 0 Å². The summed E-state index contributed by atoms with van der Waals surface area (Å²) in [4.78, 5) is 0. The molecule has 0 spiro atoms. The Kier molecular flexibility index (Phi) is 6.14. The minimum absolute atomic E-state index is 0. The number of hydrogen-bond donors (Lipinski definition) is 2. The van der Waals surface area contributed by atoms with Crippen LogP contribution in [-0.2, 0) is 6.18 Å². The standard InChI is InChI=1S/C12H15ClF3NO.ClH/c1-11(2,6-18)10(17)8-4-3-7(13)5-9(8)12(14,15)16;/h3-5,10,18H,6,17H2,1-2H3;1H/t10-;/m0./s1. The molecule has 1 rings (SSSR count). The van der Waals surface area contributed by atoms with Gasteiger partial charge >= 0.3 is 6.18 Å². The number of aliphatic hydroxyl groups excluding tert-OH is 1. The molecule has 0 bridgehead atoms. The third-order valence-electron chi connectivity index (χ3n) is 2.91. The van der Waals surface area contributed by atoms with Crippen LogP contribution in [0.3, 0.4) is 0 Å². The van der Waals surface area contributed by atoms with Crippen LogP contribution in [0.15, 0.2) is 18.2 Å². The Morgan fingerprint density at radius 2 is 1.84 bits per heavy atom. The van der Waals surface area contributed by atoms with E-state index in [1.807, 2.05) is 0 Å². The molecule has 0 amide bonds. The molecule has 0 radical (unpaired) electrons. The van der Waals surface area contributed by atoms with Gasteiger partial charge in [-0.3, -0.25) is 0 Å². The van der Waals surface area contributed by atoms with Crippen LogP contribution in [0.5, 0.6) is 0 Å². The minimum Gasteiger partial charge on any atom is -0.396 e. The van der Waals surface area contributed by atoms with Gasteiger partial charge in [-0.2, -0.15) is 13.2 Å². The lowest BCUT2D eigenvalue weighted by Crippen LogP contribution is -2.34. The molecule has 2 nitrogen and oxygen atoms in total. The highest BCUT2D eigenvalue weighted by atomic mass is 35.5. The van der Waals surface area contributed by atoms with E-state index in [0.29, 0.717) is 0 Å². The maximum absolute atomic E-state index is 12.9. The minimum atomic E-state index is -4.52. The Hall–Kier alpha value is -0.490. The van der Waals surface area contributed by atoms with Crippen LogP contribution in [0.1, 0.15) is 31.0 Å². The maximum Gasteiger partial charge on any atom is 0.416 e. The summed E-state index contributed by atoms with van der Waals surface area (Å²) in [6.07, 6.45) is -4.52. The van der Waals surface area contributed by atoms with E-state index in [9.17, 15) is 18.3 Å². The molecule has 19 heavy (non-hydrogen) atoms. The molecule has 0 aliphatic rings. The van der Waals surface area contributed by atoms with E-state index in [4.69, 9.17) is 17.3 Å². The van der Waals surface area contributed by atoms with Crippen molar-refractivity contribution < 1.29 is 18.3 Å². The molecule has 1 aromatic rings. The predicted octanol–water partition coefficient (Wildman–Crippen LogP) is 3.80. The molecule has 110 valence electrons. The Morgan fingerprint density at radius 3 is 2.26 bits per heavy atom. The van der Waals surface area contributed by atoms with Crippen molar-refractivity contribution in [1.29, 1.82) is 0 Å². The van der Waals surface area contributed by atoms with Crippen molar-refractivity contribution in [1.82, 2.24) is 0 Å². The zero-order chi connectivity index (χ0) is 14.1. The average Bonchev–Trinajstić information content (AvgIpc) is 2.27. The zero-order valence-electron chi connectivity index (χ0n) is 10.5. The molecule has 0 aliphatic carbocycles. The molecule has 0 saturated carbocycles. The maximum atomic E-state index is 12.9. The van der Waals surface area contributed by atoms with Crippen LogP contribution in [0.2, 0.25) is 5.02 Å². The topological polar surface area (TPSA) is 46.2 Å². The second-order valence-corrected chi connectivity index (χ2v) is 5.29. The quantitative estimate of drug-likeness (QED) is 0.890. The first-order valence-electron chi connectivity index (χ1n) is 5.32. The first-order chi connectivity index (χ1) is 8.09. The number of nitrogens with two attached hydrogens (primary N) is 1. The van der Waals surface area contributed by atoms with E-state index >= 15 is 0 Å². The summed E-state index contributed by atoms with van der Waals surface area (Å²) < 4.78 is 38.7. The second-order valence-electron chi connectivity index (χ2n) is 4.85. The SMILES string of the molecule is CC(C)(CO)[C@@H](N)c1ccc(Cl)cc1C(F)(F)F.Cl. The van der Waals surface area contributed by atoms with Crippen molar-refractivity contribution in [3.05, 3.63) is 34.3 Å². The van der Waals surface area contributed by atoms with E-state index in [-0.39, 0.29) is 29.6 Å². The first-order valence-corrected chi connectivity index (χ1v) is 5.70. The van der Waals surface area contributed by atoms with Crippen molar-refractivity contribution in [2.45, 2.75) is 26.1 Å². The Balaban J connectivity index is 0.00000324. The van der Waals surface area contributed by atoms with Gasteiger partial charge in [0.25, 0.3) is 0 Å². The van der Waals surface area contributed by atoms with Gasteiger partial charge in [-0.25, -0.2) is 0 Å². The van der Waals surface area contributed by atoms with Crippen LogP contribution in [0, 0.1) is 5.41 Å². The van der Waals surface area contributed by atoms with Gasteiger partial charge in [-0.15, -0.1) is 12.4 Å². The molecule has 0 aliphatic heterocycles. The largest absolute Gasteiger partial charge is 0.416 e. The highest BCUT2D eigenvalue weighted by Gasteiger charge is 2.38. The molecular formula is C12H16Cl2F3NO. The van der Waals surface area contributed by atoms with Crippen LogP contribution >= 0.6 is 24.0 Å². The van der Waals surface area contributed by atoms with Gasteiger partial charge in [0, 0.05) is 23.1 Å². The van der Waals surface area contributed by atoms with Crippen LogP contribution in [-0.4, -0.2) is 11.7 Å². The smallest absolute Gasteiger partial charge is 0.396 e. The number of hydrogen-bond acceptors (Lipinski definition) is 2. The summed E-state index contributed by atoms with van der Waals surface area (Å²) in [6.45, 7) is 2.90. The molecule has 0 fully saturated rings. The fourth-order valence-electron chi connectivity index (χ4n) is 1.56. The van der Waals surface area contributed by atoms with Crippen molar-refractivity contribution in [3.63, 3.8) is 0 Å². The Bertz CT molecular complexity index is 435. The molecule has 0 aromatic heterocycles. The van der Waals surface area contributed by atoms with Crippen molar-refractivity contribution >= 4 is 24.0 Å². The van der Waals surface area contributed by atoms with Gasteiger partial charge in [0.2, 0.25) is 0 Å². The summed E-state index contributed by atoms with van der Waals surface area (Å²) in [6, 6.07) is 2.54. The molecule has 1 aromatic carbocycles. The number of aliphatic hydroxyl groups is 1. The molecule has 0 unspecified atom stereocenters. The van der Waals surface area contributed by atoms with Crippen molar-refractivity contribution in [2.24, 2.45) is 11.1 Å². The summed E-state index contributed by atoms with van der Waals surface area (Å²) in [5.74, 6) is 0. The fourth-order valence-corrected chi connectivity index (χ4v) is 1.74. The number of benzene rings is 1. The average molecular weight is 318 g/mol. The molecule has 7 heteroatoms. The summed E-state index contributed by atoms with van der Waals surface area (Å²) in [5, 5.41) is 9.19. The third kappa shape index (κ3) is 4.24. The lowest BCUT2D eigenvalue weighted by Gasteiger charge is -2.31. The fraction of sp³-hybridized carbons (Fsp3) is 0.500. The Labute approximate surface area is 121 Å². The number of halogens is 5. The highest BCUT2D eigenvalue weighted by Crippen LogP contribution is 2.40. The predicted molar refractivity (Wildman–Crippen MR) is 71.5 cm³/mol. The lowest BCUT2D eigenvalue weighted by molar-refractivity contribution is -0.138. The van der Waals surface area contributed by atoms with Crippen molar-refractivity contribution in [2.75, 3.05) is 6.61 Å². The molecule has 1 atom stereocenters. The van der Waals surface area contributed by atoms with Gasteiger partial charge in [0.05, 0.1) is 5.56 Å². The summed E-state index contributed by atoms with van der Waals surface area (Å²) in [5.41, 5.74) is 4.05. The number of rotatable bonds is 3. The van der Waals surface area contributed by atoms with Gasteiger partial charge in [0.1, 0.15) is 0 Å². The van der Waals surface area contributed by atoms with E-state index < -0.39 is 23.2 Å². The first kappa shape index (κ1) is 18.5. The van der Waals surface area contributed by atoms with Gasteiger partial charge in [-0.05, 0) is 17.7 Å². The van der Waals surface area contributed by atoms with E-state index in [0.717, 1.165) is 6.07 Å². The molecular weight excluding hydrogens is 302 g/mol. The summed E-state index contributed by atoms with van der Waals surface area (Å²) >= 11 is 5.59. The molecule has 0 heterocycles. The normalized spacial score (nSPS) is 13.9.